The lowest BCUT2D eigenvalue weighted by Gasteiger charge is -2.12. The minimum atomic E-state index is -0.479. The van der Waals surface area contributed by atoms with Gasteiger partial charge in [-0.15, -0.1) is 0 Å². The average molecular weight is 496 g/mol. The van der Waals surface area contributed by atoms with E-state index >= 15 is 0 Å². The Labute approximate surface area is 194 Å². The van der Waals surface area contributed by atoms with Crippen molar-refractivity contribution in [1.29, 1.82) is 0 Å². The predicted molar refractivity (Wildman–Crippen MR) is 127 cm³/mol. The lowest BCUT2D eigenvalue weighted by atomic mass is 10.2. The summed E-state index contributed by atoms with van der Waals surface area (Å²) in [5.41, 5.74) is 2.59. The van der Waals surface area contributed by atoms with Crippen molar-refractivity contribution in [3.05, 3.63) is 88.4 Å². The molecule has 3 aromatic carbocycles. The molecule has 3 aromatic rings. The van der Waals surface area contributed by atoms with E-state index in [1.807, 2.05) is 31.2 Å². The molecule has 164 valence electrons. The molecule has 0 radical (unpaired) electrons. The number of ether oxygens (including phenoxy) is 1. The number of anilines is 2. The van der Waals surface area contributed by atoms with E-state index in [1.54, 1.807) is 48.5 Å². The van der Waals surface area contributed by atoms with Gasteiger partial charge in [-0.25, -0.2) is 0 Å². The highest BCUT2D eigenvalue weighted by molar-refractivity contribution is 9.10. The van der Waals surface area contributed by atoms with Gasteiger partial charge in [0.15, 0.2) is 6.61 Å². The van der Waals surface area contributed by atoms with Gasteiger partial charge in [-0.3, -0.25) is 14.4 Å². The van der Waals surface area contributed by atoms with E-state index in [0.717, 1.165) is 10.0 Å². The van der Waals surface area contributed by atoms with Crippen molar-refractivity contribution in [1.82, 2.24) is 5.32 Å². The molecule has 7 nitrogen and oxygen atoms in total. The third-order valence-electron chi connectivity index (χ3n) is 4.36. The van der Waals surface area contributed by atoms with Crippen molar-refractivity contribution >= 4 is 45.0 Å². The fraction of sp³-hybridized carbons (Fsp3) is 0.125. The number of rotatable bonds is 8. The van der Waals surface area contributed by atoms with Crippen LogP contribution in [0.3, 0.4) is 0 Å². The molecule has 0 aliphatic heterocycles. The summed E-state index contributed by atoms with van der Waals surface area (Å²) in [4.78, 5) is 36.8. The van der Waals surface area contributed by atoms with Gasteiger partial charge in [-0.2, -0.15) is 0 Å². The van der Waals surface area contributed by atoms with E-state index in [0.29, 0.717) is 11.4 Å². The number of benzene rings is 3. The molecule has 3 rings (SSSR count). The number of hydrogen-bond donors (Lipinski definition) is 3. The average Bonchev–Trinajstić information content (AvgIpc) is 2.79. The number of para-hydroxylation sites is 1. The van der Waals surface area contributed by atoms with Crippen LogP contribution in [0.5, 0.6) is 5.75 Å². The minimum Gasteiger partial charge on any atom is -0.483 e. The van der Waals surface area contributed by atoms with Crippen LogP contribution in [0.4, 0.5) is 11.4 Å². The molecule has 0 saturated heterocycles. The zero-order valence-electron chi connectivity index (χ0n) is 17.4. The summed E-state index contributed by atoms with van der Waals surface area (Å²) in [5.74, 6) is -0.947. The van der Waals surface area contributed by atoms with Crippen LogP contribution in [0, 0.1) is 6.92 Å². The van der Waals surface area contributed by atoms with Gasteiger partial charge in [0.1, 0.15) is 5.75 Å². The number of carbonyl (C=O) groups is 3. The molecule has 0 aliphatic rings. The van der Waals surface area contributed by atoms with Crippen LogP contribution < -0.4 is 20.7 Å². The number of halogens is 1. The second-order valence-corrected chi connectivity index (χ2v) is 7.85. The van der Waals surface area contributed by atoms with Crippen LogP contribution in [0.1, 0.15) is 15.9 Å². The SMILES string of the molecule is Cc1ccc(NC(=O)CNC(=O)c2ccccc2OCC(=O)Nc2ccc(Br)cc2)cc1. The van der Waals surface area contributed by atoms with Gasteiger partial charge in [0.25, 0.3) is 11.8 Å². The molecular formula is C24H22BrN3O4. The fourth-order valence-electron chi connectivity index (χ4n) is 2.75. The van der Waals surface area contributed by atoms with Crippen LogP contribution in [0.15, 0.2) is 77.3 Å². The van der Waals surface area contributed by atoms with Crippen LogP contribution in [-0.2, 0) is 9.59 Å². The minimum absolute atomic E-state index is 0.203. The number of hydrogen-bond acceptors (Lipinski definition) is 4. The van der Waals surface area contributed by atoms with Crippen LogP contribution >= 0.6 is 15.9 Å². The van der Waals surface area contributed by atoms with Gasteiger partial charge >= 0.3 is 0 Å². The predicted octanol–water partition coefficient (Wildman–Crippen LogP) is 4.14. The first-order valence-corrected chi connectivity index (χ1v) is 10.6. The first kappa shape index (κ1) is 23.0. The smallest absolute Gasteiger partial charge is 0.262 e. The van der Waals surface area contributed by atoms with Crippen molar-refractivity contribution in [2.75, 3.05) is 23.8 Å². The van der Waals surface area contributed by atoms with Crippen LogP contribution in [0.2, 0.25) is 0 Å². The highest BCUT2D eigenvalue weighted by Gasteiger charge is 2.14. The number of carbonyl (C=O) groups excluding carboxylic acids is 3. The number of amides is 3. The molecule has 0 atom stereocenters. The third kappa shape index (κ3) is 6.95. The Morgan fingerprint density at radius 3 is 2.09 bits per heavy atom. The molecule has 8 heteroatoms. The van der Waals surface area contributed by atoms with E-state index < -0.39 is 5.91 Å². The molecule has 0 aromatic heterocycles. The summed E-state index contributed by atoms with van der Waals surface area (Å²) in [5, 5.41) is 8.00. The first-order valence-electron chi connectivity index (χ1n) is 9.82. The Kier molecular flexibility index (Phi) is 7.99. The molecular weight excluding hydrogens is 474 g/mol. The van der Waals surface area contributed by atoms with Gasteiger partial charge in [0.2, 0.25) is 5.91 Å². The zero-order chi connectivity index (χ0) is 22.9. The summed E-state index contributed by atoms with van der Waals surface area (Å²) in [6.45, 7) is 1.48. The molecule has 3 amide bonds. The molecule has 0 unspecified atom stereocenters. The monoisotopic (exact) mass is 495 g/mol. The number of aryl methyl sites for hydroxylation is 1. The van der Waals surface area contributed by atoms with Crippen molar-refractivity contribution in [3.8, 4) is 5.75 Å². The molecule has 0 saturated carbocycles. The van der Waals surface area contributed by atoms with E-state index in [-0.39, 0.29) is 36.3 Å². The largest absolute Gasteiger partial charge is 0.483 e. The van der Waals surface area contributed by atoms with E-state index in [9.17, 15) is 14.4 Å². The van der Waals surface area contributed by atoms with Crippen molar-refractivity contribution < 1.29 is 19.1 Å². The zero-order valence-corrected chi connectivity index (χ0v) is 18.9. The molecule has 0 heterocycles. The van der Waals surface area contributed by atoms with Crippen molar-refractivity contribution in [2.24, 2.45) is 0 Å². The summed E-state index contributed by atoms with van der Waals surface area (Å²) in [6, 6.07) is 21.0. The van der Waals surface area contributed by atoms with Gasteiger partial charge < -0.3 is 20.7 Å². The summed E-state index contributed by atoms with van der Waals surface area (Å²) in [6.07, 6.45) is 0. The van der Waals surface area contributed by atoms with Gasteiger partial charge in [-0.05, 0) is 55.5 Å². The first-order chi connectivity index (χ1) is 15.4. The lowest BCUT2D eigenvalue weighted by molar-refractivity contribution is -0.118. The topological polar surface area (TPSA) is 96.5 Å². The molecule has 3 N–H and O–H groups in total. The Hall–Kier alpha value is -3.65. The number of nitrogens with one attached hydrogen (secondary N) is 3. The summed E-state index contributed by atoms with van der Waals surface area (Å²) < 4.78 is 6.45. The molecule has 0 bridgehead atoms. The fourth-order valence-corrected chi connectivity index (χ4v) is 3.02. The lowest BCUT2D eigenvalue weighted by Crippen LogP contribution is -2.33. The molecule has 0 aliphatic carbocycles. The van der Waals surface area contributed by atoms with Gasteiger partial charge in [0.05, 0.1) is 12.1 Å². The summed E-state index contributed by atoms with van der Waals surface area (Å²) >= 11 is 3.33. The van der Waals surface area contributed by atoms with E-state index in [2.05, 4.69) is 31.9 Å². The highest BCUT2D eigenvalue weighted by atomic mass is 79.9. The quantitative estimate of drug-likeness (QED) is 0.437. The van der Waals surface area contributed by atoms with Gasteiger partial charge in [-0.1, -0.05) is 45.8 Å². The van der Waals surface area contributed by atoms with Crippen molar-refractivity contribution in [3.63, 3.8) is 0 Å². The highest BCUT2D eigenvalue weighted by Crippen LogP contribution is 2.18. The van der Waals surface area contributed by atoms with E-state index in [4.69, 9.17) is 4.74 Å². The Morgan fingerprint density at radius 2 is 1.41 bits per heavy atom. The van der Waals surface area contributed by atoms with Gasteiger partial charge in [0, 0.05) is 15.8 Å². The van der Waals surface area contributed by atoms with Crippen molar-refractivity contribution in [2.45, 2.75) is 6.92 Å². The van der Waals surface area contributed by atoms with Crippen LogP contribution in [0.25, 0.3) is 0 Å². The summed E-state index contributed by atoms with van der Waals surface area (Å²) in [7, 11) is 0. The normalized spacial score (nSPS) is 10.2. The second kappa shape index (κ2) is 11.1. The Balaban J connectivity index is 1.52. The maximum absolute atomic E-state index is 12.6. The molecule has 0 fully saturated rings. The standard InChI is InChI=1S/C24H22BrN3O4/c1-16-6-10-18(11-7-16)27-22(29)14-26-24(31)20-4-2-3-5-21(20)32-15-23(30)28-19-12-8-17(25)9-13-19/h2-13H,14-15H2,1H3,(H,26,31)(H,27,29)(H,28,30). The molecule has 32 heavy (non-hydrogen) atoms. The van der Waals surface area contributed by atoms with Crippen LogP contribution in [-0.4, -0.2) is 30.9 Å². The molecule has 0 spiro atoms. The Morgan fingerprint density at radius 1 is 0.812 bits per heavy atom. The maximum Gasteiger partial charge on any atom is 0.262 e. The Bertz CT molecular complexity index is 1100. The third-order valence-corrected chi connectivity index (χ3v) is 4.89. The maximum atomic E-state index is 12.6. The second-order valence-electron chi connectivity index (χ2n) is 6.94. The van der Waals surface area contributed by atoms with E-state index in [1.165, 1.54) is 0 Å².